The van der Waals surface area contributed by atoms with Gasteiger partial charge in [0.2, 0.25) is 59.1 Å². The van der Waals surface area contributed by atoms with Gasteiger partial charge in [-0.15, -0.1) is 0 Å². The zero-order valence-electron chi connectivity index (χ0n) is 50.7. The van der Waals surface area contributed by atoms with Gasteiger partial charge < -0.3 is 94.0 Å². The number of nitrogens with one attached hydrogen (secondary N) is 13. The predicted octanol–water partition coefficient (Wildman–Crippen LogP) is -4.47. The molecule has 1 saturated heterocycles. The van der Waals surface area contributed by atoms with E-state index in [0.29, 0.717) is 30.8 Å². The third kappa shape index (κ3) is 22.3. The third-order valence-corrected chi connectivity index (χ3v) is 14.8. The average Bonchev–Trinajstić information content (AvgIpc) is 4.13. The minimum absolute atomic E-state index is 0.00248. The van der Waals surface area contributed by atoms with Gasteiger partial charge in [-0.1, -0.05) is 68.2 Å². The Kier molecular flexibility index (Phi) is 29.7. The van der Waals surface area contributed by atoms with Crippen LogP contribution in [0.1, 0.15) is 120 Å². The van der Waals surface area contributed by atoms with Crippen LogP contribution in [0.15, 0.2) is 25.0 Å². The molecule has 0 spiro atoms. The highest BCUT2D eigenvalue weighted by Crippen LogP contribution is 2.15. The highest BCUT2D eigenvalue weighted by molar-refractivity contribution is 5.99. The zero-order chi connectivity index (χ0) is 64.7. The Bertz CT molecular complexity index is 2560. The fourth-order valence-electron chi connectivity index (χ4n) is 9.15. The molecule has 10 amide bonds. The van der Waals surface area contributed by atoms with Gasteiger partial charge in [0, 0.05) is 36.6 Å². The lowest BCUT2D eigenvalue weighted by Crippen LogP contribution is -2.64. The summed E-state index contributed by atoms with van der Waals surface area (Å²) in [7, 11) is 0. The van der Waals surface area contributed by atoms with E-state index in [1.165, 1.54) is 45.8 Å². The molecule has 0 radical (unpaired) electrons. The number of hydrogen-bond donors (Lipinski definition) is 18. The van der Waals surface area contributed by atoms with Crippen molar-refractivity contribution in [1.82, 2.24) is 78.4 Å². The largest absolute Gasteiger partial charge is 0.480 e. The maximum atomic E-state index is 14.4. The molecular formula is C55H91N15O16. The number of nitrogens with zero attached hydrogens (tertiary/aromatic N) is 2. The molecule has 31 nitrogen and oxygen atoms in total. The van der Waals surface area contributed by atoms with Gasteiger partial charge in [-0.3, -0.25) is 47.9 Å². The summed E-state index contributed by atoms with van der Waals surface area (Å²) < 4.78 is 0. The normalized spacial score (nSPS) is 18.5. The van der Waals surface area contributed by atoms with Gasteiger partial charge in [-0.2, -0.15) is 0 Å². The van der Waals surface area contributed by atoms with Crippen LogP contribution in [-0.2, 0) is 65.6 Å². The molecule has 1 aliphatic heterocycles. The van der Waals surface area contributed by atoms with Crippen molar-refractivity contribution < 1.29 is 78.3 Å². The number of H-pyrrole nitrogens is 2. The molecule has 0 aliphatic carbocycles. The maximum absolute atomic E-state index is 14.4. The molecule has 1 aliphatic rings. The number of carboxylic acids is 1. The number of carbonyl (C=O) groups is 11. The quantitative estimate of drug-likeness (QED) is 0.0306. The Morgan fingerprint density at radius 3 is 1.26 bits per heavy atom. The number of aliphatic hydroxyl groups excluding tert-OH is 4. The molecule has 86 heavy (non-hydrogen) atoms. The first kappa shape index (κ1) is 72.6. The van der Waals surface area contributed by atoms with E-state index >= 15 is 0 Å². The molecule has 0 aromatic carbocycles. The van der Waals surface area contributed by atoms with Crippen molar-refractivity contribution >= 4 is 65.0 Å². The second kappa shape index (κ2) is 35.1. The Balaban J connectivity index is 1.85. The van der Waals surface area contributed by atoms with E-state index in [1.54, 1.807) is 55.4 Å². The molecule has 3 rings (SSSR count). The maximum Gasteiger partial charge on any atom is 0.326 e. The molecule has 0 saturated carbocycles. The van der Waals surface area contributed by atoms with E-state index in [2.05, 4.69) is 78.4 Å². The Morgan fingerprint density at radius 1 is 0.500 bits per heavy atom. The standard InChI is InChI=1S/C55H91N15O16/c1-12-27(7)40(51(81)70-43(30(10)73)53(83)63-37(19-33-21-57-24-60-33)48(78)68-44(31(11)74)54(84)67-41(55(85)86)28(8)13-2)66-46(76)35(17-25(3)4)61-50(80)39(26(5)6)65-47(77)36(18-32-20-56-23-59-32)62-52(82)42(29(9)72)69-49(79)38(22-71)64-45(75)34-15-14-16-58-34/h20-21,23-31,34-44,58,71-74H,12-19,22H2,1-11H3,(H,56,59)(H,57,60)(H,61,80)(H,62,82)(H,63,83)(H,64,75)(H,65,77)(H,66,76)(H,67,84)(H,68,78)(H,69,79)(H,70,81)(H,85,86)/t27-,28-,29+,30+,31+,34-,35-,36-,37-,38-,39-,40-,41-,42-,43-,44-/m0/s1. The lowest BCUT2D eigenvalue weighted by Gasteiger charge is -2.31. The van der Waals surface area contributed by atoms with Crippen LogP contribution in [0.2, 0.25) is 0 Å². The molecule has 18 N–H and O–H groups in total. The molecule has 1 fully saturated rings. The number of aliphatic carboxylic acids is 1. The van der Waals surface area contributed by atoms with Crippen LogP contribution in [0.3, 0.4) is 0 Å². The Morgan fingerprint density at radius 2 is 0.872 bits per heavy atom. The van der Waals surface area contributed by atoms with Crippen LogP contribution in [0.5, 0.6) is 0 Å². The van der Waals surface area contributed by atoms with E-state index in [0.717, 1.165) is 6.42 Å². The number of hydrogen-bond acceptors (Lipinski definition) is 18. The summed E-state index contributed by atoms with van der Waals surface area (Å²) >= 11 is 0. The topological polar surface area (TPSA) is 479 Å². The number of carbonyl (C=O) groups excluding carboxylic acids is 10. The molecule has 2 aromatic rings. The number of imidazole rings is 2. The fraction of sp³-hybridized carbons (Fsp3) is 0.691. The molecule has 0 bridgehead atoms. The van der Waals surface area contributed by atoms with Crippen molar-refractivity contribution in [2.24, 2.45) is 23.7 Å². The molecule has 2 aromatic heterocycles. The van der Waals surface area contributed by atoms with E-state index in [4.69, 9.17) is 0 Å². The molecule has 482 valence electrons. The summed E-state index contributed by atoms with van der Waals surface area (Å²) in [4.78, 5) is 164. The van der Waals surface area contributed by atoms with Gasteiger partial charge in [0.05, 0.1) is 43.6 Å². The van der Waals surface area contributed by atoms with Crippen molar-refractivity contribution in [2.75, 3.05) is 13.2 Å². The number of carboxylic acid groups (broad SMARTS) is 1. The minimum Gasteiger partial charge on any atom is -0.480 e. The summed E-state index contributed by atoms with van der Waals surface area (Å²) in [5.74, 6) is -12.8. The van der Waals surface area contributed by atoms with Gasteiger partial charge in [-0.05, 0) is 70.3 Å². The number of rotatable bonds is 36. The van der Waals surface area contributed by atoms with Crippen molar-refractivity contribution in [3.8, 4) is 0 Å². The van der Waals surface area contributed by atoms with Crippen LogP contribution in [0.4, 0.5) is 0 Å². The third-order valence-electron chi connectivity index (χ3n) is 14.8. The van der Waals surface area contributed by atoms with Crippen LogP contribution in [-0.4, -0.2) is 208 Å². The summed E-state index contributed by atoms with van der Waals surface area (Å²) in [6.07, 6.45) is 1.89. The first-order chi connectivity index (χ1) is 40.4. The molecular weight excluding hydrogens is 1130 g/mol. The van der Waals surface area contributed by atoms with Crippen LogP contribution in [0, 0.1) is 23.7 Å². The molecule has 31 heteroatoms. The fourth-order valence-corrected chi connectivity index (χ4v) is 9.15. The lowest BCUT2D eigenvalue weighted by molar-refractivity contribution is -0.144. The van der Waals surface area contributed by atoms with E-state index in [-0.39, 0.29) is 31.6 Å². The van der Waals surface area contributed by atoms with Crippen LogP contribution < -0.4 is 58.5 Å². The second-order valence-electron chi connectivity index (χ2n) is 22.8. The average molecular weight is 1220 g/mol. The first-order valence-corrected chi connectivity index (χ1v) is 29.0. The second-order valence-corrected chi connectivity index (χ2v) is 22.8. The van der Waals surface area contributed by atoms with E-state index in [1.807, 2.05) is 0 Å². The highest BCUT2D eigenvalue weighted by atomic mass is 16.4. The minimum atomic E-state index is -1.79. The summed E-state index contributed by atoms with van der Waals surface area (Å²) in [5, 5.41) is 79.9. The predicted molar refractivity (Wildman–Crippen MR) is 308 cm³/mol. The highest BCUT2D eigenvalue weighted by Gasteiger charge is 2.40. The van der Waals surface area contributed by atoms with Crippen LogP contribution in [0.25, 0.3) is 0 Å². The van der Waals surface area contributed by atoms with Gasteiger partial charge in [0.1, 0.15) is 60.4 Å². The zero-order valence-corrected chi connectivity index (χ0v) is 50.7. The number of aliphatic hydroxyl groups is 4. The number of aromatic amines is 2. The van der Waals surface area contributed by atoms with Crippen molar-refractivity contribution in [1.29, 1.82) is 0 Å². The van der Waals surface area contributed by atoms with Gasteiger partial charge in [-0.25, -0.2) is 14.8 Å². The Labute approximate surface area is 499 Å². The van der Waals surface area contributed by atoms with Gasteiger partial charge in [0.15, 0.2) is 0 Å². The summed E-state index contributed by atoms with van der Waals surface area (Å²) in [5.41, 5.74) is 0.665. The van der Waals surface area contributed by atoms with Crippen molar-refractivity contribution in [3.63, 3.8) is 0 Å². The first-order valence-electron chi connectivity index (χ1n) is 29.0. The Hall–Kier alpha value is -7.61. The number of amides is 10. The molecule has 3 heterocycles. The van der Waals surface area contributed by atoms with E-state index < -0.39 is 174 Å². The number of aromatic nitrogens is 4. The lowest BCUT2D eigenvalue weighted by atomic mass is 9.95. The summed E-state index contributed by atoms with van der Waals surface area (Å²) in [6.45, 7) is 16.7. The van der Waals surface area contributed by atoms with Gasteiger partial charge >= 0.3 is 5.97 Å². The van der Waals surface area contributed by atoms with Crippen molar-refractivity contribution in [2.45, 2.75) is 206 Å². The SMILES string of the molecule is CC[C@H](C)[C@H](NC(=O)[C@@H](NC(=O)[C@H](Cc1cnc[nH]1)NC(=O)[C@@H](NC(=O)[C@@H](NC(=O)[C@H](CC(C)C)NC(=O)[C@@H](NC(=O)[C@H](Cc1cnc[nH]1)NC(=O)[C@@H](NC(=O)[C@H](CO)NC(=O)[C@@H]1CCCN1)[C@@H](C)O)C(C)C)[C@@H](C)CC)[C@@H](C)O)[C@@H](C)O)C(=O)O. The molecule has 16 atom stereocenters. The van der Waals surface area contributed by atoms with E-state index in [9.17, 15) is 78.3 Å². The molecule has 0 unspecified atom stereocenters. The summed E-state index contributed by atoms with van der Waals surface area (Å²) in [6, 6.07) is -15.9. The smallest absolute Gasteiger partial charge is 0.326 e. The van der Waals surface area contributed by atoms with Crippen molar-refractivity contribution in [3.05, 3.63) is 36.4 Å². The van der Waals surface area contributed by atoms with Gasteiger partial charge in [0.25, 0.3) is 0 Å². The van der Waals surface area contributed by atoms with Crippen LogP contribution >= 0.6 is 0 Å². The monoisotopic (exact) mass is 1220 g/mol.